The van der Waals surface area contributed by atoms with Crippen molar-refractivity contribution in [3.05, 3.63) is 75.2 Å². The Morgan fingerprint density at radius 1 is 1.21 bits per heavy atom. The number of rotatable bonds is 5. The second-order valence-electron chi connectivity index (χ2n) is 8.43. The number of aliphatic hydroxyl groups is 1. The molecule has 0 saturated carbocycles. The van der Waals surface area contributed by atoms with Crippen LogP contribution < -0.4 is 0 Å². The Bertz CT molecular complexity index is 1270. The third-order valence-electron chi connectivity index (χ3n) is 6.29. The molecular formula is C23H23FN4O5. The number of amides is 2. The molecule has 2 atom stereocenters. The van der Waals surface area contributed by atoms with E-state index >= 15 is 0 Å². The van der Waals surface area contributed by atoms with E-state index in [-0.39, 0.29) is 23.7 Å². The Kier molecular flexibility index (Phi) is 5.41. The van der Waals surface area contributed by atoms with E-state index in [2.05, 4.69) is 4.98 Å². The first kappa shape index (κ1) is 22.4. The summed E-state index contributed by atoms with van der Waals surface area (Å²) in [6.07, 6.45) is 1.34. The predicted octanol–water partition coefficient (Wildman–Crippen LogP) is 2.30. The van der Waals surface area contributed by atoms with Crippen molar-refractivity contribution in [3.63, 3.8) is 0 Å². The third-order valence-corrected chi connectivity index (χ3v) is 6.29. The zero-order valence-electron chi connectivity index (χ0n) is 18.3. The normalized spacial score (nSPS) is 21.2. The van der Waals surface area contributed by atoms with Crippen LogP contribution in [0.3, 0.4) is 0 Å². The smallest absolute Gasteiger partial charge is 0.281 e. The van der Waals surface area contributed by atoms with E-state index in [9.17, 15) is 29.2 Å². The summed E-state index contributed by atoms with van der Waals surface area (Å²) in [5.41, 5.74) is -0.160. The Morgan fingerprint density at radius 3 is 2.52 bits per heavy atom. The molecule has 1 aliphatic heterocycles. The first-order valence-corrected chi connectivity index (χ1v) is 10.3. The molecule has 0 radical (unpaired) electrons. The lowest BCUT2D eigenvalue weighted by Gasteiger charge is -2.47. The van der Waals surface area contributed by atoms with Crippen LogP contribution in [-0.2, 0) is 22.4 Å². The van der Waals surface area contributed by atoms with Crippen LogP contribution in [0.2, 0.25) is 0 Å². The number of carbonyl (C=O) groups excluding carboxylic acids is 2. The number of benzene rings is 2. The second kappa shape index (κ2) is 7.96. The molecule has 2 heterocycles. The second-order valence-corrected chi connectivity index (χ2v) is 8.43. The molecule has 3 aromatic rings. The van der Waals surface area contributed by atoms with Gasteiger partial charge in [0.1, 0.15) is 11.9 Å². The van der Waals surface area contributed by atoms with Gasteiger partial charge in [0.25, 0.3) is 11.6 Å². The number of carbonyl (C=O) groups is 2. The predicted molar refractivity (Wildman–Crippen MR) is 118 cm³/mol. The number of aromatic amines is 1. The van der Waals surface area contributed by atoms with Crippen LogP contribution in [0.15, 0.2) is 42.6 Å². The maximum Gasteiger partial charge on any atom is 0.281 e. The average Bonchev–Trinajstić information content (AvgIpc) is 3.17. The number of nitro benzene ring substituents is 1. The van der Waals surface area contributed by atoms with Crippen molar-refractivity contribution in [1.29, 1.82) is 0 Å². The van der Waals surface area contributed by atoms with Gasteiger partial charge in [-0.25, -0.2) is 4.39 Å². The number of piperazine rings is 1. The minimum absolute atomic E-state index is 0.0432. The minimum Gasteiger partial charge on any atom is -0.363 e. The van der Waals surface area contributed by atoms with Crippen LogP contribution in [0.25, 0.3) is 10.9 Å². The van der Waals surface area contributed by atoms with Gasteiger partial charge >= 0.3 is 0 Å². The van der Waals surface area contributed by atoms with Crippen LogP contribution in [0.5, 0.6) is 0 Å². The summed E-state index contributed by atoms with van der Waals surface area (Å²) in [5.74, 6) is -1.93. The van der Waals surface area contributed by atoms with Crippen LogP contribution in [0, 0.1) is 22.9 Å². The number of fused-ring (bicyclic) bond motifs is 1. The lowest BCUT2D eigenvalue weighted by atomic mass is 9.92. The number of hydrogen-bond donors (Lipinski definition) is 2. The quantitative estimate of drug-likeness (QED) is 0.453. The molecule has 0 aliphatic carbocycles. The number of halogens is 1. The van der Waals surface area contributed by atoms with Gasteiger partial charge < -0.3 is 19.9 Å². The third kappa shape index (κ3) is 3.72. The zero-order chi connectivity index (χ0) is 24.1. The van der Waals surface area contributed by atoms with Gasteiger partial charge in [-0.1, -0.05) is 29.8 Å². The highest BCUT2D eigenvalue weighted by Gasteiger charge is 2.53. The lowest BCUT2D eigenvalue weighted by Crippen LogP contribution is -2.70. The number of nitrogens with one attached hydrogen (secondary N) is 1. The summed E-state index contributed by atoms with van der Waals surface area (Å²) in [6, 6.07) is 8.24. The Morgan fingerprint density at radius 2 is 1.88 bits per heavy atom. The van der Waals surface area contributed by atoms with Crippen LogP contribution in [-0.4, -0.2) is 62.5 Å². The highest BCUT2D eigenvalue weighted by Crippen LogP contribution is 2.33. The van der Waals surface area contributed by atoms with Crippen LogP contribution >= 0.6 is 0 Å². The largest absolute Gasteiger partial charge is 0.363 e. The van der Waals surface area contributed by atoms with Crippen LogP contribution in [0.4, 0.5) is 10.1 Å². The zero-order valence-corrected chi connectivity index (χ0v) is 18.3. The van der Waals surface area contributed by atoms with Gasteiger partial charge in [0.05, 0.1) is 21.9 Å². The van der Waals surface area contributed by atoms with E-state index in [1.165, 1.54) is 25.2 Å². The fourth-order valence-corrected chi connectivity index (χ4v) is 4.34. The Balaban J connectivity index is 1.66. The molecular weight excluding hydrogens is 431 g/mol. The summed E-state index contributed by atoms with van der Waals surface area (Å²) < 4.78 is 13.8. The van der Waals surface area contributed by atoms with E-state index in [0.29, 0.717) is 11.1 Å². The number of nitro groups is 1. The van der Waals surface area contributed by atoms with Crippen molar-refractivity contribution in [3.8, 4) is 0 Å². The van der Waals surface area contributed by atoms with Gasteiger partial charge in [-0.05, 0) is 24.1 Å². The summed E-state index contributed by atoms with van der Waals surface area (Å²) in [5, 5.41) is 22.9. The van der Waals surface area contributed by atoms with Gasteiger partial charge in [-0.2, -0.15) is 0 Å². The van der Waals surface area contributed by atoms with Gasteiger partial charge in [0.2, 0.25) is 11.6 Å². The highest BCUT2D eigenvalue weighted by atomic mass is 19.1. The summed E-state index contributed by atoms with van der Waals surface area (Å²) >= 11 is 0. The standard InChI is InChI=1S/C23H23FN4O5/c1-13-4-6-14(7-5-13)11-23(31)22(30)26(2)19(21(29)27(23)3)8-15-12-25-17-9-16(24)10-18(20(15)17)28(32)33/h4-7,9-10,12,19,25,31H,8,11H2,1-3H3/t19-,23+/m0/s1. The summed E-state index contributed by atoms with van der Waals surface area (Å²) in [4.78, 5) is 42.2. The fourth-order valence-electron chi connectivity index (χ4n) is 4.34. The van der Waals surface area contributed by atoms with E-state index in [1.54, 1.807) is 12.1 Å². The molecule has 0 bridgehead atoms. The van der Waals surface area contributed by atoms with E-state index in [0.717, 1.165) is 22.6 Å². The molecule has 9 nitrogen and oxygen atoms in total. The molecule has 2 N–H and O–H groups in total. The molecule has 10 heteroatoms. The van der Waals surface area contributed by atoms with Crippen molar-refractivity contribution in [2.45, 2.75) is 31.5 Å². The minimum atomic E-state index is -2.06. The van der Waals surface area contributed by atoms with Gasteiger partial charge in [-0.15, -0.1) is 0 Å². The summed E-state index contributed by atoms with van der Waals surface area (Å²) in [6.45, 7) is 1.92. The van der Waals surface area contributed by atoms with E-state index in [1.807, 2.05) is 19.1 Å². The number of H-pyrrole nitrogens is 1. The Labute approximate surface area is 188 Å². The average molecular weight is 454 g/mol. The molecule has 1 saturated heterocycles. The van der Waals surface area contributed by atoms with Crippen molar-refractivity contribution in [2.24, 2.45) is 0 Å². The number of hydrogen-bond acceptors (Lipinski definition) is 5. The summed E-state index contributed by atoms with van der Waals surface area (Å²) in [7, 11) is 2.78. The number of aromatic nitrogens is 1. The number of aryl methyl sites for hydroxylation is 1. The molecule has 172 valence electrons. The number of nitrogens with zero attached hydrogens (tertiary/aromatic N) is 3. The molecule has 2 aromatic carbocycles. The first-order chi connectivity index (χ1) is 15.5. The first-order valence-electron chi connectivity index (χ1n) is 10.3. The lowest BCUT2D eigenvalue weighted by molar-refractivity contribution is -0.383. The van der Waals surface area contributed by atoms with Crippen molar-refractivity contribution >= 4 is 28.4 Å². The van der Waals surface area contributed by atoms with Gasteiger partial charge in [0.15, 0.2) is 0 Å². The van der Waals surface area contributed by atoms with Crippen molar-refractivity contribution in [1.82, 2.24) is 14.8 Å². The molecule has 4 rings (SSSR count). The molecule has 33 heavy (non-hydrogen) atoms. The van der Waals surface area contributed by atoms with Gasteiger partial charge in [-0.3, -0.25) is 19.7 Å². The van der Waals surface area contributed by atoms with E-state index in [4.69, 9.17) is 0 Å². The molecule has 0 unspecified atom stereocenters. The number of non-ortho nitro benzene ring substituents is 1. The van der Waals surface area contributed by atoms with Crippen LogP contribution in [0.1, 0.15) is 16.7 Å². The highest BCUT2D eigenvalue weighted by molar-refractivity contribution is 5.99. The number of likely N-dealkylation sites (N-methyl/N-ethyl adjacent to an activating group) is 2. The molecule has 0 spiro atoms. The van der Waals surface area contributed by atoms with E-state index < -0.39 is 40.0 Å². The molecule has 2 amide bonds. The van der Waals surface area contributed by atoms with Crippen molar-refractivity contribution in [2.75, 3.05) is 14.1 Å². The molecule has 1 fully saturated rings. The monoisotopic (exact) mass is 454 g/mol. The molecule has 1 aromatic heterocycles. The maximum atomic E-state index is 13.8. The Hall–Kier alpha value is -3.79. The SMILES string of the molecule is Cc1ccc(C[C@@]2(O)C(=O)N(C)[C@@H](Cc3c[nH]c4cc(F)cc([N+](=O)[O-])c34)C(=O)N2C)cc1. The van der Waals surface area contributed by atoms with Crippen molar-refractivity contribution < 1.29 is 24.0 Å². The van der Waals surface area contributed by atoms with Gasteiger partial charge in [0, 0.05) is 33.1 Å². The maximum absolute atomic E-state index is 13.8. The molecule has 1 aliphatic rings. The topological polar surface area (TPSA) is 120 Å². The fraction of sp³-hybridized carbons (Fsp3) is 0.304.